The first kappa shape index (κ1) is 18.5. The number of aryl methyl sites for hydroxylation is 1. The second kappa shape index (κ2) is 13.1. The van der Waals surface area contributed by atoms with Gasteiger partial charge in [-0.2, -0.15) is 0 Å². The van der Waals surface area contributed by atoms with Crippen LogP contribution < -0.4 is 10.6 Å². The largest absolute Gasteiger partial charge is 0.381 e. The van der Waals surface area contributed by atoms with E-state index in [1.54, 1.807) is 6.20 Å². The molecule has 0 spiro atoms. The summed E-state index contributed by atoms with van der Waals surface area (Å²) in [5.41, 5.74) is 0. The molecule has 0 atom stereocenters. The molecule has 0 aliphatic rings. The van der Waals surface area contributed by atoms with Gasteiger partial charge in [-0.3, -0.25) is 4.99 Å². The molecular weight excluding hydrogens is 278 g/mol. The van der Waals surface area contributed by atoms with E-state index in [0.29, 0.717) is 0 Å². The summed E-state index contributed by atoms with van der Waals surface area (Å²) in [6, 6.07) is 0. The van der Waals surface area contributed by atoms with Crippen LogP contribution in [0.3, 0.4) is 0 Å². The molecule has 0 fully saturated rings. The molecule has 2 N–H and O–H groups in total. The van der Waals surface area contributed by atoms with Gasteiger partial charge in [0.25, 0.3) is 0 Å². The van der Waals surface area contributed by atoms with E-state index in [0.717, 1.165) is 64.6 Å². The van der Waals surface area contributed by atoms with Crippen molar-refractivity contribution < 1.29 is 4.74 Å². The van der Waals surface area contributed by atoms with Crippen molar-refractivity contribution in [1.29, 1.82) is 0 Å². The fourth-order valence-electron chi connectivity index (χ4n) is 1.93. The Kier molecular flexibility index (Phi) is 11.0. The molecule has 0 aliphatic heterocycles. The van der Waals surface area contributed by atoms with Gasteiger partial charge in [-0.1, -0.05) is 13.3 Å². The van der Waals surface area contributed by atoms with Crippen LogP contribution >= 0.6 is 0 Å². The molecule has 0 aromatic carbocycles. The minimum absolute atomic E-state index is 0.806. The highest BCUT2D eigenvalue weighted by atomic mass is 16.5. The summed E-state index contributed by atoms with van der Waals surface area (Å²) in [5.74, 6) is 0.890. The Balaban J connectivity index is 2.10. The highest BCUT2D eigenvalue weighted by molar-refractivity contribution is 5.79. The molecule has 22 heavy (non-hydrogen) atoms. The van der Waals surface area contributed by atoms with Crippen LogP contribution in [-0.4, -0.2) is 48.4 Å². The molecule has 0 bridgehead atoms. The molecule has 0 unspecified atom stereocenters. The Morgan fingerprint density at radius 1 is 1.18 bits per heavy atom. The van der Waals surface area contributed by atoms with Crippen molar-refractivity contribution in [3.05, 3.63) is 18.7 Å². The quantitative estimate of drug-likeness (QED) is 0.352. The van der Waals surface area contributed by atoms with E-state index < -0.39 is 0 Å². The van der Waals surface area contributed by atoms with Crippen LogP contribution in [0.4, 0.5) is 0 Å². The summed E-state index contributed by atoms with van der Waals surface area (Å²) in [4.78, 5) is 8.61. The molecule has 0 amide bonds. The van der Waals surface area contributed by atoms with Crippen LogP contribution in [0.5, 0.6) is 0 Å². The zero-order valence-electron chi connectivity index (χ0n) is 14.1. The number of aliphatic imine (C=N–C) groups is 1. The molecule has 1 heterocycles. The maximum absolute atomic E-state index is 5.55. The zero-order chi connectivity index (χ0) is 15.9. The molecule has 1 aromatic rings. The van der Waals surface area contributed by atoms with Gasteiger partial charge in [0.15, 0.2) is 5.96 Å². The monoisotopic (exact) mass is 309 g/mol. The maximum atomic E-state index is 5.55. The van der Waals surface area contributed by atoms with Gasteiger partial charge < -0.3 is 19.9 Å². The van der Waals surface area contributed by atoms with Crippen molar-refractivity contribution in [2.45, 2.75) is 46.1 Å². The Hall–Kier alpha value is -1.56. The van der Waals surface area contributed by atoms with Crippen molar-refractivity contribution in [2.75, 3.05) is 32.8 Å². The number of unbranched alkanes of at least 4 members (excludes halogenated alkanes) is 1. The van der Waals surface area contributed by atoms with Crippen LogP contribution in [-0.2, 0) is 11.3 Å². The number of guanidine groups is 1. The zero-order valence-corrected chi connectivity index (χ0v) is 14.1. The number of nitrogens with one attached hydrogen (secondary N) is 2. The Morgan fingerprint density at radius 2 is 2.05 bits per heavy atom. The predicted octanol–water partition coefficient (Wildman–Crippen LogP) is 2.04. The summed E-state index contributed by atoms with van der Waals surface area (Å²) in [6.45, 7) is 9.47. The number of hydrogen-bond donors (Lipinski definition) is 2. The molecule has 0 saturated carbocycles. The second-order valence-electron chi connectivity index (χ2n) is 5.16. The van der Waals surface area contributed by atoms with Crippen molar-refractivity contribution in [3.8, 4) is 0 Å². The van der Waals surface area contributed by atoms with Gasteiger partial charge >= 0.3 is 0 Å². The highest BCUT2D eigenvalue weighted by Crippen LogP contribution is 1.92. The number of nitrogens with zero attached hydrogens (tertiary/aromatic N) is 3. The maximum Gasteiger partial charge on any atom is 0.191 e. The van der Waals surface area contributed by atoms with E-state index >= 15 is 0 Å². The van der Waals surface area contributed by atoms with E-state index in [1.165, 1.54) is 6.42 Å². The summed E-state index contributed by atoms with van der Waals surface area (Å²) in [6.07, 6.45) is 9.97. The lowest BCUT2D eigenvalue weighted by Gasteiger charge is -2.11. The van der Waals surface area contributed by atoms with Gasteiger partial charge in [0.05, 0.1) is 6.33 Å². The summed E-state index contributed by atoms with van der Waals surface area (Å²) >= 11 is 0. The molecular formula is C16H31N5O. The summed E-state index contributed by atoms with van der Waals surface area (Å²) < 4.78 is 7.62. The third kappa shape index (κ3) is 9.39. The van der Waals surface area contributed by atoms with Gasteiger partial charge in [0, 0.05) is 51.8 Å². The summed E-state index contributed by atoms with van der Waals surface area (Å²) in [7, 11) is 0. The fourth-order valence-corrected chi connectivity index (χ4v) is 1.93. The molecule has 0 radical (unpaired) electrons. The first-order valence-corrected chi connectivity index (χ1v) is 8.42. The summed E-state index contributed by atoms with van der Waals surface area (Å²) in [5, 5.41) is 6.61. The lowest BCUT2D eigenvalue weighted by Crippen LogP contribution is -2.38. The van der Waals surface area contributed by atoms with Gasteiger partial charge in [0.2, 0.25) is 0 Å². The van der Waals surface area contributed by atoms with Crippen LogP contribution in [0.15, 0.2) is 23.7 Å². The highest BCUT2D eigenvalue weighted by Gasteiger charge is 1.97. The van der Waals surface area contributed by atoms with Crippen LogP contribution in [0.1, 0.15) is 39.5 Å². The number of rotatable bonds is 12. The molecule has 0 saturated heterocycles. The number of hydrogen-bond acceptors (Lipinski definition) is 3. The Morgan fingerprint density at radius 3 is 2.77 bits per heavy atom. The number of ether oxygens (including phenoxy) is 1. The first-order chi connectivity index (χ1) is 10.9. The van der Waals surface area contributed by atoms with Crippen molar-refractivity contribution in [3.63, 3.8) is 0 Å². The van der Waals surface area contributed by atoms with E-state index in [9.17, 15) is 0 Å². The van der Waals surface area contributed by atoms with Gasteiger partial charge in [0.1, 0.15) is 0 Å². The van der Waals surface area contributed by atoms with E-state index in [2.05, 4.69) is 39.0 Å². The molecule has 126 valence electrons. The average molecular weight is 309 g/mol. The van der Waals surface area contributed by atoms with Crippen LogP contribution in [0.25, 0.3) is 0 Å². The van der Waals surface area contributed by atoms with E-state index in [-0.39, 0.29) is 0 Å². The lowest BCUT2D eigenvalue weighted by atomic mass is 10.4. The molecule has 1 aromatic heterocycles. The standard InChI is InChI=1S/C16H31N5O/c1-3-5-13-22-14-7-9-20-16(18-4-2)19-8-6-11-21-12-10-17-15-21/h10,12,15H,3-9,11,13-14H2,1-2H3,(H2,18,19,20). The van der Waals surface area contributed by atoms with Gasteiger partial charge in [-0.25, -0.2) is 4.98 Å². The van der Waals surface area contributed by atoms with Crippen LogP contribution in [0.2, 0.25) is 0 Å². The third-order valence-electron chi connectivity index (χ3n) is 3.15. The Bertz CT molecular complexity index is 378. The minimum atomic E-state index is 0.806. The van der Waals surface area contributed by atoms with Crippen molar-refractivity contribution >= 4 is 5.96 Å². The molecule has 6 heteroatoms. The third-order valence-corrected chi connectivity index (χ3v) is 3.15. The smallest absolute Gasteiger partial charge is 0.191 e. The van der Waals surface area contributed by atoms with Crippen molar-refractivity contribution in [2.24, 2.45) is 4.99 Å². The molecule has 0 aliphatic carbocycles. The van der Waals surface area contributed by atoms with Crippen molar-refractivity contribution in [1.82, 2.24) is 20.2 Å². The molecule has 6 nitrogen and oxygen atoms in total. The SMILES string of the molecule is CCCCOCCCNC(=NCCCn1ccnc1)NCC. The normalized spacial score (nSPS) is 11.6. The number of imidazole rings is 1. The predicted molar refractivity (Wildman–Crippen MR) is 91.2 cm³/mol. The van der Waals surface area contributed by atoms with Crippen LogP contribution in [0, 0.1) is 0 Å². The number of aromatic nitrogens is 2. The fraction of sp³-hybridized carbons (Fsp3) is 0.750. The second-order valence-corrected chi connectivity index (χ2v) is 5.16. The van der Waals surface area contributed by atoms with E-state index in [1.807, 2.05) is 12.5 Å². The first-order valence-electron chi connectivity index (χ1n) is 8.42. The Labute approximate surface area is 134 Å². The topological polar surface area (TPSA) is 63.5 Å². The van der Waals surface area contributed by atoms with E-state index in [4.69, 9.17) is 4.74 Å². The average Bonchev–Trinajstić information content (AvgIpc) is 3.03. The lowest BCUT2D eigenvalue weighted by molar-refractivity contribution is 0.129. The van der Waals surface area contributed by atoms with Gasteiger partial charge in [-0.15, -0.1) is 0 Å². The molecule has 1 rings (SSSR count). The van der Waals surface area contributed by atoms with Gasteiger partial charge in [-0.05, 0) is 26.2 Å². The minimum Gasteiger partial charge on any atom is -0.381 e.